The molecule has 0 bridgehead atoms. The van der Waals surface area contributed by atoms with Crippen molar-refractivity contribution >= 4 is 34.5 Å². The largest absolute Gasteiger partial charge is 0.493 e. The van der Waals surface area contributed by atoms with Crippen molar-refractivity contribution < 1.29 is 24.2 Å². The second-order valence-corrected chi connectivity index (χ2v) is 8.60. The van der Waals surface area contributed by atoms with Gasteiger partial charge < -0.3 is 14.6 Å². The van der Waals surface area contributed by atoms with Gasteiger partial charge in [0.15, 0.2) is 11.5 Å². The van der Waals surface area contributed by atoms with Crippen LogP contribution in [0.5, 0.6) is 11.5 Å². The highest BCUT2D eigenvalue weighted by atomic mass is 32.2. The van der Waals surface area contributed by atoms with E-state index in [9.17, 15) is 9.59 Å². The van der Waals surface area contributed by atoms with Crippen molar-refractivity contribution in [3.05, 3.63) is 53.6 Å². The standard InChI is InChI=1S/C23H25N3O5S/c1-30-20-11-8-16(12-21(20)31-18-4-2-3-5-18)19-14-32-23(29)26(25-19)13-15-6-9-17(10-7-15)24-22(27)28/h6-12,18,24H,2-5,13-14H2,1H3,(H,27,28). The van der Waals surface area contributed by atoms with E-state index in [-0.39, 0.29) is 11.3 Å². The van der Waals surface area contributed by atoms with Crippen LogP contribution in [-0.2, 0) is 6.54 Å². The fourth-order valence-corrected chi connectivity index (χ4v) is 4.52. The van der Waals surface area contributed by atoms with E-state index in [0.717, 1.165) is 29.7 Å². The molecule has 2 aliphatic rings. The van der Waals surface area contributed by atoms with E-state index in [4.69, 9.17) is 14.6 Å². The van der Waals surface area contributed by atoms with Crippen LogP contribution in [0.25, 0.3) is 0 Å². The zero-order valence-corrected chi connectivity index (χ0v) is 18.6. The van der Waals surface area contributed by atoms with E-state index >= 15 is 0 Å². The van der Waals surface area contributed by atoms with Gasteiger partial charge in [-0.25, -0.2) is 9.80 Å². The summed E-state index contributed by atoms with van der Waals surface area (Å²) in [6, 6.07) is 12.6. The highest BCUT2D eigenvalue weighted by molar-refractivity contribution is 8.14. The van der Waals surface area contributed by atoms with E-state index in [0.29, 0.717) is 29.5 Å². The highest BCUT2D eigenvalue weighted by Crippen LogP contribution is 2.33. The summed E-state index contributed by atoms with van der Waals surface area (Å²) in [5, 5.41) is 17.0. The number of carboxylic acid groups (broad SMARTS) is 1. The van der Waals surface area contributed by atoms with Gasteiger partial charge in [0.05, 0.1) is 25.5 Å². The number of anilines is 1. The predicted octanol–water partition coefficient (Wildman–Crippen LogP) is 5.18. The van der Waals surface area contributed by atoms with Crippen LogP contribution in [0.1, 0.15) is 36.8 Å². The maximum absolute atomic E-state index is 12.4. The molecule has 2 amide bonds. The van der Waals surface area contributed by atoms with Gasteiger partial charge in [0.2, 0.25) is 0 Å². The number of rotatable bonds is 7. The molecule has 0 aromatic heterocycles. The van der Waals surface area contributed by atoms with E-state index < -0.39 is 6.09 Å². The molecule has 2 aromatic carbocycles. The molecule has 1 heterocycles. The third-order valence-corrected chi connectivity index (χ3v) is 6.29. The van der Waals surface area contributed by atoms with Gasteiger partial charge in [0.1, 0.15) is 0 Å². The third-order valence-electron chi connectivity index (χ3n) is 5.41. The van der Waals surface area contributed by atoms with Gasteiger partial charge >= 0.3 is 11.3 Å². The van der Waals surface area contributed by atoms with Crippen LogP contribution >= 0.6 is 11.8 Å². The first kappa shape index (κ1) is 22.0. The molecule has 4 rings (SSSR count). The number of nitrogens with zero attached hydrogens (tertiary/aromatic N) is 2. The van der Waals surface area contributed by atoms with Crippen molar-refractivity contribution in [1.29, 1.82) is 0 Å². The zero-order valence-electron chi connectivity index (χ0n) is 17.7. The molecule has 1 fully saturated rings. The van der Waals surface area contributed by atoms with Gasteiger partial charge in [0, 0.05) is 17.0 Å². The molecule has 168 valence electrons. The van der Waals surface area contributed by atoms with Gasteiger partial charge in [-0.2, -0.15) is 5.10 Å². The minimum absolute atomic E-state index is 0.127. The van der Waals surface area contributed by atoms with Gasteiger partial charge in [-0.15, -0.1) is 0 Å². The van der Waals surface area contributed by atoms with E-state index in [1.54, 1.807) is 31.4 Å². The fourth-order valence-electron chi connectivity index (χ4n) is 3.78. The molecule has 9 heteroatoms. The number of carbonyl (C=O) groups is 2. The Labute approximate surface area is 190 Å². The zero-order chi connectivity index (χ0) is 22.5. The molecule has 1 aliphatic heterocycles. The molecule has 0 atom stereocenters. The topological polar surface area (TPSA) is 100 Å². The molecule has 8 nitrogen and oxygen atoms in total. The summed E-state index contributed by atoms with van der Waals surface area (Å²) in [4.78, 5) is 23.2. The van der Waals surface area contributed by atoms with E-state index in [2.05, 4.69) is 10.4 Å². The summed E-state index contributed by atoms with van der Waals surface area (Å²) in [6.45, 7) is 0.296. The van der Waals surface area contributed by atoms with Crippen molar-refractivity contribution in [3.8, 4) is 11.5 Å². The normalized spacial score (nSPS) is 16.6. The molecule has 0 spiro atoms. The first-order valence-corrected chi connectivity index (χ1v) is 11.5. The number of nitrogens with one attached hydrogen (secondary N) is 1. The molecule has 0 saturated heterocycles. The summed E-state index contributed by atoms with van der Waals surface area (Å²) in [7, 11) is 1.63. The van der Waals surface area contributed by atoms with Crippen molar-refractivity contribution in [2.45, 2.75) is 38.3 Å². The van der Waals surface area contributed by atoms with E-state index in [1.165, 1.54) is 29.6 Å². The number of hydrazone groups is 1. The number of benzene rings is 2. The second-order valence-electron chi connectivity index (χ2n) is 7.68. The molecule has 1 aliphatic carbocycles. The molecule has 0 unspecified atom stereocenters. The van der Waals surface area contributed by atoms with Gasteiger partial charge in [0.25, 0.3) is 0 Å². The average molecular weight is 456 g/mol. The van der Waals surface area contributed by atoms with Crippen molar-refractivity contribution in [1.82, 2.24) is 5.01 Å². The minimum atomic E-state index is -1.12. The highest BCUT2D eigenvalue weighted by Gasteiger charge is 2.24. The number of amides is 2. The number of ether oxygens (including phenoxy) is 2. The number of carbonyl (C=O) groups excluding carboxylic acids is 1. The van der Waals surface area contributed by atoms with Crippen LogP contribution < -0.4 is 14.8 Å². The Morgan fingerprint density at radius 3 is 2.62 bits per heavy atom. The van der Waals surface area contributed by atoms with Crippen LogP contribution in [0.2, 0.25) is 0 Å². The lowest BCUT2D eigenvalue weighted by atomic mass is 10.1. The Morgan fingerprint density at radius 2 is 1.94 bits per heavy atom. The van der Waals surface area contributed by atoms with Crippen molar-refractivity contribution in [3.63, 3.8) is 0 Å². The summed E-state index contributed by atoms with van der Waals surface area (Å²) in [5.74, 6) is 1.87. The van der Waals surface area contributed by atoms with Gasteiger partial charge in [-0.05, 0) is 61.6 Å². The number of thioether (sulfide) groups is 1. The first-order valence-electron chi connectivity index (χ1n) is 10.5. The molecule has 2 N–H and O–H groups in total. The SMILES string of the molecule is COc1ccc(C2=NN(Cc3ccc(NC(=O)O)cc3)C(=O)SC2)cc1OC1CCCC1. The van der Waals surface area contributed by atoms with Gasteiger partial charge in [-0.1, -0.05) is 23.9 Å². The average Bonchev–Trinajstić information content (AvgIpc) is 3.29. The van der Waals surface area contributed by atoms with E-state index in [1.807, 2.05) is 18.2 Å². The smallest absolute Gasteiger partial charge is 0.409 e. The van der Waals surface area contributed by atoms with Gasteiger partial charge in [-0.3, -0.25) is 10.1 Å². The van der Waals surface area contributed by atoms with Crippen molar-refractivity contribution in [2.24, 2.45) is 5.10 Å². The Hall–Kier alpha value is -3.20. The lowest BCUT2D eigenvalue weighted by Crippen LogP contribution is -2.29. The molecule has 32 heavy (non-hydrogen) atoms. The number of hydrogen-bond acceptors (Lipinski definition) is 6. The van der Waals surface area contributed by atoms with Crippen LogP contribution in [0, 0.1) is 0 Å². The molecule has 0 radical (unpaired) electrons. The number of methoxy groups -OCH3 is 1. The Bertz CT molecular complexity index is 1020. The van der Waals surface area contributed by atoms with Crippen LogP contribution in [0.3, 0.4) is 0 Å². The first-order chi connectivity index (χ1) is 15.5. The predicted molar refractivity (Wildman–Crippen MR) is 124 cm³/mol. The second kappa shape index (κ2) is 9.95. The lowest BCUT2D eigenvalue weighted by Gasteiger charge is -2.24. The Balaban J connectivity index is 1.52. The monoisotopic (exact) mass is 455 g/mol. The summed E-state index contributed by atoms with van der Waals surface area (Å²) in [6.07, 6.45) is 3.55. The Kier molecular flexibility index (Phi) is 6.84. The quantitative estimate of drug-likeness (QED) is 0.597. The molecule has 2 aromatic rings. The lowest BCUT2D eigenvalue weighted by molar-refractivity contribution is 0.200. The fraction of sp³-hybridized carbons (Fsp3) is 0.348. The molecule has 1 saturated carbocycles. The molecular weight excluding hydrogens is 430 g/mol. The number of hydrogen-bond donors (Lipinski definition) is 2. The summed E-state index contributed by atoms with van der Waals surface area (Å²) in [5.41, 5.74) is 3.00. The summed E-state index contributed by atoms with van der Waals surface area (Å²) < 4.78 is 11.7. The van der Waals surface area contributed by atoms with Crippen LogP contribution in [-0.4, -0.2) is 46.1 Å². The molecular formula is C23H25N3O5S. The maximum Gasteiger partial charge on any atom is 0.409 e. The van der Waals surface area contributed by atoms with Crippen LogP contribution in [0.15, 0.2) is 47.6 Å². The van der Waals surface area contributed by atoms with Crippen LogP contribution in [0.4, 0.5) is 15.3 Å². The van der Waals surface area contributed by atoms with Crippen molar-refractivity contribution in [2.75, 3.05) is 18.2 Å². The third kappa shape index (κ3) is 5.34. The Morgan fingerprint density at radius 1 is 1.19 bits per heavy atom. The maximum atomic E-state index is 12.4. The minimum Gasteiger partial charge on any atom is -0.493 e. The summed E-state index contributed by atoms with van der Waals surface area (Å²) >= 11 is 1.20.